The Bertz CT molecular complexity index is 731. The summed E-state index contributed by atoms with van der Waals surface area (Å²) in [4.78, 5) is 26.6. The highest BCUT2D eigenvalue weighted by Gasteiger charge is 2.26. The predicted octanol–water partition coefficient (Wildman–Crippen LogP) is 3.81. The fraction of sp³-hybridized carbons (Fsp3) is 0.333. The highest BCUT2D eigenvalue weighted by atomic mass is 35.5. The molecule has 1 aromatic carbocycles. The average Bonchev–Trinajstić information content (AvgIpc) is 3.01. The molecule has 5 nitrogen and oxygen atoms in total. The van der Waals surface area contributed by atoms with Gasteiger partial charge in [0, 0.05) is 30.1 Å². The number of hydrogen-bond acceptors (Lipinski definition) is 5. The molecule has 1 aliphatic heterocycles. The van der Waals surface area contributed by atoms with Gasteiger partial charge in [-0.1, -0.05) is 36.7 Å². The first kappa shape index (κ1) is 19.4. The standard InChI is InChI=1S/C18H21ClN2O3S/c1-4-5-8-21-14(18(23)20-2)11-25-17(21)10-15(22)13-9-12(19)6-7-16(13)24-3/h6-7,9-11H,4-5,8H2,1-3H3,(H,20,23)/b17-10-. The third-order valence-corrected chi connectivity index (χ3v) is 4.88. The summed E-state index contributed by atoms with van der Waals surface area (Å²) in [5.41, 5.74) is 0.949. The SMILES string of the molecule is CCCCN1C(C(=O)NC)=CS/C1=C\C(=O)c1cc(Cl)ccc1OC. The highest BCUT2D eigenvalue weighted by molar-refractivity contribution is 8.06. The summed E-state index contributed by atoms with van der Waals surface area (Å²) in [5.74, 6) is 0.0866. The Morgan fingerprint density at radius 2 is 2.16 bits per heavy atom. The normalized spacial score (nSPS) is 15.3. The number of unbranched alkanes of at least 4 members (excludes halogenated alkanes) is 1. The number of methoxy groups -OCH3 is 1. The quantitative estimate of drug-likeness (QED) is 0.575. The molecule has 2 rings (SSSR count). The summed E-state index contributed by atoms with van der Waals surface area (Å²) < 4.78 is 5.25. The highest BCUT2D eigenvalue weighted by Crippen LogP contribution is 2.35. The number of carbonyl (C=O) groups is 2. The minimum Gasteiger partial charge on any atom is -0.496 e. The van der Waals surface area contributed by atoms with Crippen molar-refractivity contribution in [3.05, 3.63) is 51.0 Å². The number of carbonyl (C=O) groups excluding carboxylic acids is 2. The molecule has 0 atom stereocenters. The van der Waals surface area contributed by atoms with Crippen LogP contribution in [0.4, 0.5) is 0 Å². The van der Waals surface area contributed by atoms with Crippen LogP contribution in [-0.2, 0) is 4.79 Å². The maximum Gasteiger partial charge on any atom is 0.268 e. The topological polar surface area (TPSA) is 58.6 Å². The Morgan fingerprint density at radius 1 is 1.40 bits per heavy atom. The van der Waals surface area contributed by atoms with Gasteiger partial charge in [0.25, 0.3) is 5.91 Å². The Kier molecular flexibility index (Phi) is 6.96. The Labute approximate surface area is 157 Å². The van der Waals surface area contributed by atoms with E-state index >= 15 is 0 Å². The maximum atomic E-state index is 12.7. The van der Waals surface area contributed by atoms with Crippen LogP contribution in [-0.4, -0.2) is 37.3 Å². The largest absolute Gasteiger partial charge is 0.496 e. The van der Waals surface area contributed by atoms with Crippen molar-refractivity contribution in [2.75, 3.05) is 20.7 Å². The maximum absolute atomic E-state index is 12.7. The number of ether oxygens (including phenoxy) is 1. The number of likely N-dealkylation sites (N-methyl/N-ethyl adjacent to an activating group) is 1. The predicted molar refractivity (Wildman–Crippen MR) is 102 cm³/mol. The third-order valence-electron chi connectivity index (χ3n) is 3.72. The van der Waals surface area contributed by atoms with Crippen molar-refractivity contribution in [1.29, 1.82) is 0 Å². The molecule has 0 spiro atoms. The van der Waals surface area contributed by atoms with Crippen molar-refractivity contribution in [2.24, 2.45) is 0 Å². The number of nitrogens with one attached hydrogen (secondary N) is 1. The van der Waals surface area contributed by atoms with E-state index in [0.29, 0.717) is 28.6 Å². The molecular weight excluding hydrogens is 360 g/mol. The minimum absolute atomic E-state index is 0.167. The first-order chi connectivity index (χ1) is 12.0. The molecule has 0 bridgehead atoms. The molecule has 0 radical (unpaired) electrons. The fourth-order valence-electron chi connectivity index (χ4n) is 2.39. The summed E-state index contributed by atoms with van der Waals surface area (Å²) in [5, 5.41) is 5.59. The average molecular weight is 381 g/mol. The van der Waals surface area contributed by atoms with Crippen LogP contribution in [0.1, 0.15) is 30.1 Å². The van der Waals surface area contributed by atoms with Gasteiger partial charge < -0.3 is 15.0 Å². The van der Waals surface area contributed by atoms with Gasteiger partial charge in [-0.25, -0.2) is 0 Å². The molecule has 134 valence electrons. The van der Waals surface area contributed by atoms with Crippen LogP contribution >= 0.6 is 23.4 Å². The molecule has 0 aromatic heterocycles. The van der Waals surface area contributed by atoms with Gasteiger partial charge in [-0.3, -0.25) is 9.59 Å². The van der Waals surface area contributed by atoms with Crippen LogP contribution in [0, 0.1) is 0 Å². The van der Waals surface area contributed by atoms with E-state index in [0.717, 1.165) is 17.9 Å². The van der Waals surface area contributed by atoms with Crippen molar-refractivity contribution in [1.82, 2.24) is 10.2 Å². The van der Waals surface area contributed by atoms with Gasteiger partial charge in [-0.15, -0.1) is 0 Å². The van der Waals surface area contributed by atoms with Crippen molar-refractivity contribution in [3.63, 3.8) is 0 Å². The minimum atomic E-state index is -0.213. The Morgan fingerprint density at radius 3 is 2.80 bits per heavy atom. The van der Waals surface area contributed by atoms with Crippen LogP contribution in [0.5, 0.6) is 5.75 Å². The third kappa shape index (κ3) is 4.58. The number of allylic oxidation sites excluding steroid dienone is 1. The summed E-state index contributed by atoms with van der Waals surface area (Å²) in [6, 6.07) is 4.93. The lowest BCUT2D eigenvalue weighted by atomic mass is 10.1. The lowest BCUT2D eigenvalue weighted by Crippen LogP contribution is -2.30. The van der Waals surface area contributed by atoms with E-state index < -0.39 is 0 Å². The number of benzene rings is 1. The second-order valence-corrected chi connectivity index (χ2v) is 6.72. The molecule has 1 aliphatic rings. The van der Waals surface area contributed by atoms with E-state index in [4.69, 9.17) is 16.3 Å². The number of thioether (sulfide) groups is 1. The van der Waals surface area contributed by atoms with Crippen LogP contribution in [0.15, 0.2) is 40.4 Å². The van der Waals surface area contributed by atoms with E-state index in [-0.39, 0.29) is 11.7 Å². The molecule has 7 heteroatoms. The molecule has 0 saturated carbocycles. The first-order valence-electron chi connectivity index (χ1n) is 7.97. The van der Waals surface area contributed by atoms with Gasteiger partial charge in [0.1, 0.15) is 11.4 Å². The number of ketones is 1. The smallest absolute Gasteiger partial charge is 0.268 e. The zero-order valence-electron chi connectivity index (χ0n) is 14.5. The summed E-state index contributed by atoms with van der Waals surface area (Å²) >= 11 is 7.37. The molecule has 0 unspecified atom stereocenters. The summed E-state index contributed by atoms with van der Waals surface area (Å²) in [6.07, 6.45) is 3.44. The number of nitrogens with zero attached hydrogens (tertiary/aromatic N) is 1. The van der Waals surface area contributed by atoms with Gasteiger partial charge in [0.05, 0.1) is 17.7 Å². The Balaban J connectivity index is 2.31. The monoisotopic (exact) mass is 380 g/mol. The van der Waals surface area contributed by atoms with E-state index in [9.17, 15) is 9.59 Å². The van der Waals surface area contributed by atoms with Crippen LogP contribution in [0.3, 0.4) is 0 Å². The summed E-state index contributed by atoms with van der Waals surface area (Å²) in [7, 11) is 3.10. The molecule has 0 aliphatic carbocycles. The van der Waals surface area contributed by atoms with Gasteiger partial charge in [-0.2, -0.15) is 0 Å². The molecule has 1 amide bonds. The van der Waals surface area contributed by atoms with E-state index in [1.807, 2.05) is 4.90 Å². The molecule has 0 saturated heterocycles. The van der Waals surface area contributed by atoms with Gasteiger partial charge in [0.15, 0.2) is 5.78 Å². The Hall–Kier alpha value is -1.92. The second-order valence-electron chi connectivity index (χ2n) is 5.40. The molecule has 25 heavy (non-hydrogen) atoms. The molecule has 1 N–H and O–H groups in total. The van der Waals surface area contributed by atoms with Crippen LogP contribution in [0.25, 0.3) is 0 Å². The van der Waals surface area contributed by atoms with E-state index in [1.165, 1.54) is 24.9 Å². The van der Waals surface area contributed by atoms with Gasteiger partial charge in [0.2, 0.25) is 0 Å². The van der Waals surface area contributed by atoms with Crippen LogP contribution in [0.2, 0.25) is 5.02 Å². The second kappa shape index (κ2) is 8.97. The zero-order chi connectivity index (χ0) is 18.4. The number of rotatable bonds is 7. The molecule has 1 heterocycles. The lowest BCUT2D eigenvalue weighted by molar-refractivity contribution is -0.118. The summed E-state index contributed by atoms with van der Waals surface area (Å²) in [6.45, 7) is 2.76. The lowest BCUT2D eigenvalue weighted by Gasteiger charge is -2.22. The van der Waals surface area contributed by atoms with Crippen molar-refractivity contribution in [3.8, 4) is 5.75 Å². The fourth-order valence-corrected chi connectivity index (χ4v) is 3.52. The first-order valence-corrected chi connectivity index (χ1v) is 9.23. The van der Waals surface area contributed by atoms with Gasteiger partial charge in [-0.05, 0) is 24.6 Å². The van der Waals surface area contributed by atoms with Crippen LogP contribution < -0.4 is 10.1 Å². The van der Waals surface area contributed by atoms with Crippen molar-refractivity contribution in [2.45, 2.75) is 19.8 Å². The molecular formula is C18H21ClN2O3S. The van der Waals surface area contributed by atoms with Gasteiger partial charge >= 0.3 is 0 Å². The number of halogens is 1. The number of amides is 1. The zero-order valence-corrected chi connectivity index (χ0v) is 16.0. The van der Waals surface area contributed by atoms with E-state index in [1.54, 1.807) is 30.7 Å². The number of hydrogen-bond donors (Lipinski definition) is 1. The van der Waals surface area contributed by atoms with E-state index in [2.05, 4.69) is 12.2 Å². The van der Waals surface area contributed by atoms with Crippen molar-refractivity contribution < 1.29 is 14.3 Å². The molecule has 1 aromatic rings. The van der Waals surface area contributed by atoms with Crippen molar-refractivity contribution >= 4 is 35.1 Å². The molecule has 0 fully saturated rings.